The molecule has 1 aromatic rings. The van der Waals surface area contributed by atoms with Crippen LogP contribution < -0.4 is 5.43 Å². The first-order valence-electron chi connectivity index (χ1n) is 6.96. The Morgan fingerprint density at radius 2 is 1.86 bits per heavy atom. The number of piperidine rings is 1. The zero-order chi connectivity index (χ0) is 16.3. The number of pyridine rings is 1. The molecule has 1 saturated heterocycles. The van der Waals surface area contributed by atoms with Crippen molar-refractivity contribution in [2.75, 3.05) is 13.1 Å². The predicted octanol–water partition coefficient (Wildman–Crippen LogP) is -0.0649. The van der Waals surface area contributed by atoms with Crippen molar-refractivity contribution in [1.29, 1.82) is 0 Å². The highest BCUT2D eigenvalue weighted by molar-refractivity contribution is 5.70. The molecule has 120 valence electrons. The summed E-state index contributed by atoms with van der Waals surface area (Å²) in [4.78, 5) is 35.3. The standard InChI is InChI=1S/C14H18N2O6/c17-11-5-10(16(7-12(11)18)8-13(19)20)6-15-3-1-9(2-4-15)14(21)22/h5,7,9,18H,1-4,6,8H2,(H,19,20)(H,21,22). The molecule has 1 aliphatic heterocycles. The van der Waals surface area contributed by atoms with Crippen molar-refractivity contribution in [3.8, 4) is 5.75 Å². The van der Waals surface area contributed by atoms with Gasteiger partial charge in [0.15, 0.2) is 5.75 Å². The highest BCUT2D eigenvalue weighted by atomic mass is 16.4. The van der Waals surface area contributed by atoms with Gasteiger partial charge in [0, 0.05) is 18.3 Å². The van der Waals surface area contributed by atoms with E-state index in [1.807, 2.05) is 4.90 Å². The summed E-state index contributed by atoms with van der Waals surface area (Å²) in [6.45, 7) is 1.13. The summed E-state index contributed by atoms with van der Waals surface area (Å²) in [5, 5.41) is 27.3. The van der Waals surface area contributed by atoms with Gasteiger partial charge in [-0.25, -0.2) is 0 Å². The number of carboxylic acids is 2. The average Bonchev–Trinajstić information content (AvgIpc) is 2.44. The summed E-state index contributed by atoms with van der Waals surface area (Å²) >= 11 is 0. The fourth-order valence-corrected chi connectivity index (χ4v) is 2.60. The second kappa shape index (κ2) is 6.61. The Hall–Kier alpha value is -2.35. The van der Waals surface area contributed by atoms with E-state index < -0.39 is 23.1 Å². The van der Waals surface area contributed by atoms with Gasteiger partial charge in [-0.1, -0.05) is 0 Å². The van der Waals surface area contributed by atoms with E-state index in [4.69, 9.17) is 10.2 Å². The number of carboxylic acid groups (broad SMARTS) is 2. The number of aromatic hydroxyl groups is 1. The third-order valence-corrected chi connectivity index (χ3v) is 3.83. The van der Waals surface area contributed by atoms with Crippen molar-refractivity contribution >= 4 is 11.9 Å². The SMILES string of the molecule is O=C(O)Cn1cc(O)c(=O)cc1CN1CCC(C(=O)O)CC1. The van der Waals surface area contributed by atoms with Crippen molar-refractivity contribution in [3.05, 3.63) is 28.2 Å². The zero-order valence-corrected chi connectivity index (χ0v) is 11.9. The van der Waals surface area contributed by atoms with Crippen LogP contribution in [0.2, 0.25) is 0 Å². The van der Waals surface area contributed by atoms with E-state index in [1.165, 1.54) is 10.6 Å². The van der Waals surface area contributed by atoms with Gasteiger partial charge in [-0.05, 0) is 25.9 Å². The number of aromatic nitrogens is 1. The smallest absolute Gasteiger partial charge is 0.323 e. The maximum absolute atomic E-state index is 11.6. The Kier molecular flexibility index (Phi) is 4.81. The van der Waals surface area contributed by atoms with Gasteiger partial charge in [-0.15, -0.1) is 0 Å². The Bertz CT molecular complexity index is 631. The van der Waals surface area contributed by atoms with Crippen LogP contribution in [0.3, 0.4) is 0 Å². The van der Waals surface area contributed by atoms with E-state index in [2.05, 4.69) is 0 Å². The van der Waals surface area contributed by atoms with Crippen LogP contribution in [0.4, 0.5) is 0 Å². The number of nitrogens with zero attached hydrogens (tertiary/aromatic N) is 2. The molecule has 1 aliphatic rings. The number of rotatable bonds is 5. The Morgan fingerprint density at radius 3 is 2.41 bits per heavy atom. The molecule has 0 amide bonds. The average molecular weight is 310 g/mol. The van der Waals surface area contributed by atoms with E-state index in [0.29, 0.717) is 38.2 Å². The largest absolute Gasteiger partial charge is 0.503 e. The molecular weight excluding hydrogens is 292 g/mol. The van der Waals surface area contributed by atoms with Crippen molar-refractivity contribution in [2.45, 2.75) is 25.9 Å². The lowest BCUT2D eigenvalue weighted by Crippen LogP contribution is -2.37. The molecule has 1 fully saturated rings. The first kappa shape index (κ1) is 16.0. The quantitative estimate of drug-likeness (QED) is 0.696. The number of carbonyl (C=O) groups is 2. The molecule has 0 saturated carbocycles. The van der Waals surface area contributed by atoms with E-state index >= 15 is 0 Å². The molecular formula is C14H18N2O6. The first-order chi connectivity index (χ1) is 10.4. The third kappa shape index (κ3) is 3.85. The molecule has 22 heavy (non-hydrogen) atoms. The molecule has 0 atom stereocenters. The lowest BCUT2D eigenvalue weighted by molar-refractivity contribution is -0.143. The fourth-order valence-electron chi connectivity index (χ4n) is 2.60. The van der Waals surface area contributed by atoms with E-state index in [1.54, 1.807) is 0 Å². The Morgan fingerprint density at radius 1 is 1.23 bits per heavy atom. The summed E-state index contributed by atoms with van der Waals surface area (Å²) < 4.78 is 1.32. The summed E-state index contributed by atoms with van der Waals surface area (Å²) in [5.74, 6) is -2.71. The van der Waals surface area contributed by atoms with Gasteiger partial charge in [-0.3, -0.25) is 19.3 Å². The summed E-state index contributed by atoms with van der Waals surface area (Å²) in [5.41, 5.74) is -0.0731. The molecule has 8 nitrogen and oxygen atoms in total. The van der Waals surface area contributed by atoms with Crippen molar-refractivity contribution < 1.29 is 24.9 Å². The van der Waals surface area contributed by atoms with Gasteiger partial charge >= 0.3 is 11.9 Å². The molecule has 2 rings (SSSR count). The number of aliphatic carboxylic acids is 2. The van der Waals surface area contributed by atoms with Crippen LogP contribution in [-0.4, -0.2) is 49.8 Å². The summed E-state index contributed by atoms with van der Waals surface area (Å²) in [7, 11) is 0. The van der Waals surface area contributed by atoms with Crippen LogP contribution in [-0.2, 0) is 22.7 Å². The minimum atomic E-state index is -1.08. The zero-order valence-electron chi connectivity index (χ0n) is 11.9. The second-order valence-corrected chi connectivity index (χ2v) is 5.42. The van der Waals surface area contributed by atoms with Gasteiger partial charge < -0.3 is 19.9 Å². The Labute approximate surface area is 126 Å². The molecule has 0 bridgehead atoms. The van der Waals surface area contributed by atoms with Crippen molar-refractivity contribution in [3.63, 3.8) is 0 Å². The lowest BCUT2D eigenvalue weighted by Gasteiger charge is -2.30. The number of likely N-dealkylation sites (tertiary alicyclic amines) is 1. The van der Waals surface area contributed by atoms with Crippen LogP contribution in [0.1, 0.15) is 18.5 Å². The van der Waals surface area contributed by atoms with E-state index in [0.717, 1.165) is 6.20 Å². The van der Waals surface area contributed by atoms with Crippen LogP contribution in [0.15, 0.2) is 17.1 Å². The predicted molar refractivity (Wildman–Crippen MR) is 75.6 cm³/mol. The molecule has 1 aromatic heterocycles. The van der Waals surface area contributed by atoms with Gasteiger partial charge in [0.2, 0.25) is 5.43 Å². The number of hydrogen-bond acceptors (Lipinski definition) is 5. The van der Waals surface area contributed by atoms with Gasteiger partial charge in [0.05, 0.1) is 12.1 Å². The molecule has 0 aliphatic carbocycles. The summed E-state index contributed by atoms with van der Waals surface area (Å²) in [6.07, 6.45) is 2.17. The maximum Gasteiger partial charge on any atom is 0.323 e. The van der Waals surface area contributed by atoms with Crippen LogP contribution in [0, 0.1) is 5.92 Å². The highest BCUT2D eigenvalue weighted by Crippen LogP contribution is 2.19. The van der Waals surface area contributed by atoms with Crippen LogP contribution >= 0.6 is 0 Å². The molecule has 8 heteroatoms. The second-order valence-electron chi connectivity index (χ2n) is 5.42. The molecule has 0 radical (unpaired) electrons. The fraction of sp³-hybridized carbons (Fsp3) is 0.500. The van der Waals surface area contributed by atoms with E-state index in [-0.39, 0.29) is 12.5 Å². The van der Waals surface area contributed by atoms with E-state index in [9.17, 15) is 19.5 Å². The van der Waals surface area contributed by atoms with Crippen molar-refractivity contribution in [1.82, 2.24) is 9.47 Å². The Balaban J connectivity index is 2.12. The molecule has 0 spiro atoms. The summed E-state index contributed by atoms with van der Waals surface area (Å²) in [6, 6.07) is 1.22. The maximum atomic E-state index is 11.6. The van der Waals surface area contributed by atoms with Crippen LogP contribution in [0.25, 0.3) is 0 Å². The van der Waals surface area contributed by atoms with Crippen LogP contribution in [0.5, 0.6) is 5.75 Å². The lowest BCUT2D eigenvalue weighted by atomic mass is 9.97. The molecule has 0 aromatic carbocycles. The minimum Gasteiger partial charge on any atom is -0.503 e. The highest BCUT2D eigenvalue weighted by Gasteiger charge is 2.25. The molecule has 3 N–H and O–H groups in total. The monoisotopic (exact) mass is 310 g/mol. The van der Waals surface area contributed by atoms with Crippen molar-refractivity contribution in [2.24, 2.45) is 5.92 Å². The van der Waals surface area contributed by atoms with Gasteiger partial charge in [0.25, 0.3) is 0 Å². The first-order valence-corrected chi connectivity index (χ1v) is 6.96. The van der Waals surface area contributed by atoms with Gasteiger partial charge in [0.1, 0.15) is 6.54 Å². The molecule has 0 unspecified atom stereocenters. The van der Waals surface area contributed by atoms with Gasteiger partial charge in [-0.2, -0.15) is 0 Å². The normalized spacial score (nSPS) is 16.5. The minimum absolute atomic E-state index is 0.342. The third-order valence-electron chi connectivity index (χ3n) is 3.83. The molecule has 2 heterocycles. The topological polar surface area (TPSA) is 120 Å². The number of hydrogen-bond donors (Lipinski definition) is 3.